The lowest BCUT2D eigenvalue weighted by Crippen LogP contribution is -2.45. The third kappa shape index (κ3) is 5.90. The van der Waals surface area contributed by atoms with Crippen molar-refractivity contribution in [1.29, 1.82) is 0 Å². The number of aliphatic carboxylic acids is 1. The molecule has 2 unspecified atom stereocenters. The summed E-state index contributed by atoms with van der Waals surface area (Å²) in [7, 11) is 1.47. The molecule has 0 fully saturated rings. The summed E-state index contributed by atoms with van der Waals surface area (Å²) >= 11 is 0. The van der Waals surface area contributed by atoms with Crippen LogP contribution in [-0.4, -0.2) is 48.6 Å². The molecule has 0 heterocycles. The first-order chi connectivity index (χ1) is 6.61. The maximum Gasteiger partial charge on any atom is 0.323 e. The van der Waals surface area contributed by atoms with Crippen LogP contribution in [0.3, 0.4) is 0 Å². The Labute approximate surface area is 84.1 Å². The van der Waals surface area contributed by atoms with Crippen LogP contribution in [0.4, 0.5) is 0 Å². The first-order valence-corrected chi connectivity index (χ1v) is 4.70. The molecule has 0 radical (unpaired) electrons. The summed E-state index contributed by atoms with van der Waals surface area (Å²) in [5.41, 5.74) is 0. The SMILES string of the molecule is COCC(NC(C)CCCO)C(=O)O. The molecule has 3 N–H and O–H groups in total. The van der Waals surface area contributed by atoms with E-state index in [0.29, 0.717) is 6.42 Å². The molecule has 0 aromatic rings. The highest BCUT2D eigenvalue weighted by Gasteiger charge is 2.18. The molecule has 5 nitrogen and oxygen atoms in total. The van der Waals surface area contributed by atoms with Gasteiger partial charge in [-0.3, -0.25) is 10.1 Å². The summed E-state index contributed by atoms with van der Waals surface area (Å²) in [6.45, 7) is 2.17. The molecule has 0 amide bonds. The van der Waals surface area contributed by atoms with E-state index in [0.717, 1.165) is 6.42 Å². The minimum Gasteiger partial charge on any atom is -0.480 e. The molecule has 5 heteroatoms. The lowest BCUT2D eigenvalue weighted by atomic mass is 10.1. The molecule has 0 saturated carbocycles. The summed E-state index contributed by atoms with van der Waals surface area (Å²) in [5, 5.41) is 20.3. The minimum absolute atomic E-state index is 0.0680. The molecule has 0 aromatic carbocycles. The topological polar surface area (TPSA) is 78.8 Å². The molecule has 0 aliphatic rings. The fraction of sp³-hybridized carbons (Fsp3) is 0.889. The Morgan fingerprint density at radius 1 is 1.57 bits per heavy atom. The van der Waals surface area contributed by atoms with E-state index in [2.05, 4.69) is 5.32 Å². The zero-order chi connectivity index (χ0) is 11.0. The minimum atomic E-state index is -0.914. The molecule has 0 bridgehead atoms. The first-order valence-electron chi connectivity index (χ1n) is 4.70. The number of hydrogen-bond donors (Lipinski definition) is 3. The number of rotatable bonds is 8. The summed E-state index contributed by atoms with van der Waals surface area (Å²) < 4.78 is 4.78. The lowest BCUT2D eigenvalue weighted by molar-refractivity contribution is -0.141. The molecule has 0 aliphatic heterocycles. The van der Waals surface area contributed by atoms with Crippen molar-refractivity contribution in [3.63, 3.8) is 0 Å². The monoisotopic (exact) mass is 205 g/mol. The van der Waals surface area contributed by atoms with Crippen molar-refractivity contribution in [3.8, 4) is 0 Å². The number of carbonyl (C=O) groups is 1. The Hall–Kier alpha value is -0.650. The van der Waals surface area contributed by atoms with E-state index < -0.39 is 12.0 Å². The Morgan fingerprint density at radius 3 is 2.64 bits per heavy atom. The van der Waals surface area contributed by atoms with Crippen LogP contribution in [0, 0.1) is 0 Å². The van der Waals surface area contributed by atoms with E-state index in [1.165, 1.54) is 7.11 Å². The molecule has 0 spiro atoms. The summed E-state index contributed by atoms with van der Waals surface area (Å²) in [4.78, 5) is 10.7. The first kappa shape index (κ1) is 13.4. The molecule has 0 saturated heterocycles. The lowest BCUT2D eigenvalue weighted by Gasteiger charge is -2.19. The van der Waals surface area contributed by atoms with E-state index in [4.69, 9.17) is 14.9 Å². The van der Waals surface area contributed by atoms with Gasteiger partial charge >= 0.3 is 5.97 Å². The summed E-state index contributed by atoms with van der Waals surface area (Å²) in [6, 6.07) is -0.605. The average Bonchev–Trinajstić information content (AvgIpc) is 2.14. The Balaban J connectivity index is 3.83. The number of ether oxygens (including phenoxy) is 1. The predicted octanol–water partition coefficient (Wildman–Crippen LogP) is -0.163. The van der Waals surface area contributed by atoms with Crippen LogP contribution >= 0.6 is 0 Å². The number of carboxylic acids is 1. The standard InChI is InChI=1S/C9H19NO4/c1-7(4-3-5-11)10-8(6-14-2)9(12)13/h7-8,10-11H,3-6H2,1-2H3,(H,12,13). The van der Waals surface area contributed by atoms with Gasteiger partial charge < -0.3 is 14.9 Å². The average molecular weight is 205 g/mol. The van der Waals surface area contributed by atoms with Gasteiger partial charge in [-0.05, 0) is 19.8 Å². The van der Waals surface area contributed by atoms with Gasteiger partial charge in [0.05, 0.1) is 6.61 Å². The van der Waals surface area contributed by atoms with Crippen molar-refractivity contribution in [2.45, 2.75) is 31.8 Å². The van der Waals surface area contributed by atoms with Crippen LogP contribution < -0.4 is 5.32 Å². The number of aliphatic hydroxyl groups excluding tert-OH is 1. The van der Waals surface area contributed by atoms with Gasteiger partial charge in [0.15, 0.2) is 0 Å². The largest absolute Gasteiger partial charge is 0.480 e. The number of hydrogen-bond acceptors (Lipinski definition) is 4. The van der Waals surface area contributed by atoms with Crippen molar-refractivity contribution in [2.75, 3.05) is 20.3 Å². The molecule has 0 rings (SSSR count). The van der Waals surface area contributed by atoms with Gasteiger partial charge in [-0.15, -0.1) is 0 Å². The quantitative estimate of drug-likeness (QED) is 0.513. The van der Waals surface area contributed by atoms with Crippen LogP contribution in [0.1, 0.15) is 19.8 Å². The highest BCUT2D eigenvalue weighted by atomic mass is 16.5. The van der Waals surface area contributed by atoms with Gasteiger partial charge in [0, 0.05) is 19.8 Å². The maximum absolute atomic E-state index is 10.7. The summed E-state index contributed by atoms with van der Waals surface area (Å²) in [6.07, 6.45) is 1.43. The van der Waals surface area contributed by atoms with Crippen LogP contribution in [0.5, 0.6) is 0 Å². The van der Waals surface area contributed by atoms with Crippen LogP contribution in [0.25, 0.3) is 0 Å². The zero-order valence-electron chi connectivity index (χ0n) is 8.69. The van der Waals surface area contributed by atoms with Crippen molar-refractivity contribution in [3.05, 3.63) is 0 Å². The number of aliphatic hydroxyl groups is 1. The van der Waals surface area contributed by atoms with Crippen LogP contribution in [0.2, 0.25) is 0 Å². The Bertz CT molecular complexity index is 163. The predicted molar refractivity (Wildman–Crippen MR) is 52.2 cm³/mol. The van der Waals surface area contributed by atoms with Crippen molar-refractivity contribution in [2.24, 2.45) is 0 Å². The number of methoxy groups -OCH3 is 1. The maximum atomic E-state index is 10.7. The zero-order valence-corrected chi connectivity index (χ0v) is 8.69. The fourth-order valence-corrected chi connectivity index (χ4v) is 1.18. The van der Waals surface area contributed by atoms with Crippen LogP contribution in [-0.2, 0) is 9.53 Å². The second-order valence-electron chi connectivity index (χ2n) is 3.28. The molecule has 0 aromatic heterocycles. The van der Waals surface area contributed by atoms with Crippen molar-refractivity contribution < 1.29 is 19.7 Å². The highest BCUT2D eigenvalue weighted by molar-refractivity contribution is 5.73. The van der Waals surface area contributed by atoms with Gasteiger partial charge in [-0.25, -0.2) is 0 Å². The van der Waals surface area contributed by atoms with E-state index in [-0.39, 0.29) is 19.3 Å². The van der Waals surface area contributed by atoms with E-state index in [1.807, 2.05) is 6.92 Å². The second-order valence-corrected chi connectivity index (χ2v) is 3.28. The van der Waals surface area contributed by atoms with Crippen molar-refractivity contribution >= 4 is 5.97 Å². The third-order valence-electron chi connectivity index (χ3n) is 1.91. The van der Waals surface area contributed by atoms with Gasteiger partial charge in [0.1, 0.15) is 6.04 Å². The molecule has 0 aliphatic carbocycles. The molecule has 84 valence electrons. The van der Waals surface area contributed by atoms with Gasteiger partial charge in [0.25, 0.3) is 0 Å². The van der Waals surface area contributed by atoms with E-state index >= 15 is 0 Å². The van der Waals surface area contributed by atoms with Gasteiger partial charge in [0.2, 0.25) is 0 Å². The number of nitrogens with one attached hydrogen (secondary N) is 1. The summed E-state index contributed by atoms with van der Waals surface area (Å²) in [5.74, 6) is -0.914. The molecule has 2 atom stereocenters. The molecule has 14 heavy (non-hydrogen) atoms. The molecular formula is C9H19NO4. The highest BCUT2D eigenvalue weighted by Crippen LogP contribution is 1.98. The third-order valence-corrected chi connectivity index (χ3v) is 1.91. The smallest absolute Gasteiger partial charge is 0.323 e. The second kappa shape index (κ2) is 7.73. The van der Waals surface area contributed by atoms with Crippen LogP contribution in [0.15, 0.2) is 0 Å². The Kier molecular flexibility index (Phi) is 7.37. The van der Waals surface area contributed by atoms with E-state index in [9.17, 15) is 4.79 Å². The van der Waals surface area contributed by atoms with Crippen molar-refractivity contribution in [1.82, 2.24) is 5.32 Å². The van der Waals surface area contributed by atoms with Gasteiger partial charge in [-0.1, -0.05) is 0 Å². The normalized spacial score (nSPS) is 15.1. The van der Waals surface area contributed by atoms with E-state index in [1.54, 1.807) is 0 Å². The fourth-order valence-electron chi connectivity index (χ4n) is 1.18. The Morgan fingerprint density at radius 2 is 2.21 bits per heavy atom. The van der Waals surface area contributed by atoms with Gasteiger partial charge in [-0.2, -0.15) is 0 Å². The number of carboxylic acid groups (broad SMARTS) is 1. The molecular weight excluding hydrogens is 186 g/mol.